The number of benzene rings is 3. The third-order valence-electron chi connectivity index (χ3n) is 8.23. The predicted octanol–water partition coefficient (Wildman–Crippen LogP) is 10.3. The van der Waals surface area contributed by atoms with Crippen LogP contribution in [0.15, 0.2) is 66.4 Å². The Morgan fingerprint density at radius 1 is 0.927 bits per heavy atom. The van der Waals surface area contributed by atoms with Crippen molar-refractivity contribution < 1.29 is 44.0 Å². The van der Waals surface area contributed by atoms with Crippen molar-refractivity contribution in [1.82, 2.24) is 4.98 Å². The molecule has 0 fully saturated rings. The first-order valence-corrected chi connectivity index (χ1v) is 13.8. The van der Waals surface area contributed by atoms with Crippen LogP contribution in [0.2, 0.25) is 0 Å². The van der Waals surface area contributed by atoms with Gasteiger partial charge >= 0.3 is 0 Å². The Bertz CT molecular complexity index is 1880. The quantitative estimate of drug-likeness (QED) is 0.0847. The Kier molecular flexibility index (Phi) is 8.63. The van der Waals surface area contributed by atoms with Gasteiger partial charge in [0.15, 0.2) is 5.78 Å². The minimum Gasteiger partial charge on any atom is -0.512 e. The Labute approximate surface area is 268 Å². The number of hydrogen-bond donors (Lipinski definition) is 1. The number of aliphatic hydroxyl groups excluding tert-OH is 1. The van der Waals surface area contributed by atoms with E-state index in [0.717, 1.165) is 36.8 Å². The second-order valence-corrected chi connectivity index (χ2v) is 10.8. The summed E-state index contributed by atoms with van der Waals surface area (Å²) in [6, 6.07) is 3.29. The molecule has 0 atom stereocenters. The molecule has 1 heterocycles. The first-order chi connectivity index (χ1) is 21.8. The smallest absolute Gasteiger partial charge is 0.164 e. The van der Waals surface area contributed by atoms with Gasteiger partial charge in [-0.05, 0) is 59.6 Å². The van der Waals surface area contributed by atoms with Crippen LogP contribution in [-0.4, -0.2) is 15.9 Å². The summed E-state index contributed by atoms with van der Waals surface area (Å²) in [6.45, 7) is 15.8. The molecule has 1 aromatic heterocycles. The van der Waals surface area contributed by atoms with Crippen molar-refractivity contribution >= 4 is 27.3 Å². The minimum absolute atomic E-state index is 0. The van der Waals surface area contributed by atoms with Crippen LogP contribution in [0.4, 0.5) is 4.39 Å². The SMILES string of the molecule is CCC(C)(CC)C(=O)/C=C(\O)C(C)(CC)CC.[2H]c1nc(-c2[c-]c(C)cc(C)c2)c2c([2H])c([2H])c3c(F)c([2H])c([2H])c([2H])c3c2c1[2H].[Ir]. The molecule has 0 amide bonds. The van der Waals surface area contributed by atoms with Crippen LogP contribution >= 0.6 is 0 Å². The van der Waals surface area contributed by atoms with Crippen LogP contribution in [0.3, 0.4) is 0 Å². The monoisotopic (exact) mass is 740 g/mol. The fraction of sp³-hybridized carbons (Fsp3) is 0.389. The summed E-state index contributed by atoms with van der Waals surface area (Å²) in [5.74, 6) is -0.901. The zero-order valence-electron chi connectivity index (χ0n) is 32.1. The topological polar surface area (TPSA) is 50.2 Å². The molecule has 4 aromatic rings. The van der Waals surface area contributed by atoms with Crippen LogP contribution < -0.4 is 0 Å². The Hall–Kier alpha value is -2.88. The van der Waals surface area contributed by atoms with E-state index in [-0.39, 0.29) is 64.3 Å². The second kappa shape index (κ2) is 14.3. The third-order valence-corrected chi connectivity index (χ3v) is 8.23. The molecular weight excluding hydrogens is 690 g/mol. The normalized spacial score (nSPS) is 14.5. The van der Waals surface area contributed by atoms with E-state index in [1.807, 2.05) is 61.5 Å². The number of fused-ring (bicyclic) bond motifs is 3. The predicted molar refractivity (Wildman–Crippen MR) is 166 cm³/mol. The van der Waals surface area contributed by atoms with Gasteiger partial charge in [-0.3, -0.25) is 4.79 Å². The van der Waals surface area contributed by atoms with Gasteiger partial charge in [-0.25, -0.2) is 4.39 Å². The molecule has 0 aliphatic heterocycles. The molecule has 41 heavy (non-hydrogen) atoms. The van der Waals surface area contributed by atoms with E-state index >= 15 is 0 Å². The van der Waals surface area contributed by atoms with E-state index < -0.39 is 53.6 Å². The molecule has 0 spiro atoms. The molecule has 0 aliphatic carbocycles. The summed E-state index contributed by atoms with van der Waals surface area (Å²) < 4.78 is 72.1. The van der Waals surface area contributed by atoms with Gasteiger partial charge in [0, 0.05) is 48.6 Å². The number of aromatic nitrogens is 1. The number of carbonyl (C=O) groups excluding carboxylic acids is 1. The summed E-state index contributed by atoms with van der Waals surface area (Å²) in [5.41, 5.74) is 1.66. The van der Waals surface area contributed by atoms with Gasteiger partial charge in [0.1, 0.15) is 11.6 Å². The molecule has 0 aliphatic rings. The maximum Gasteiger partial charge on any atom is 0.164 e. The molecule has 4 rings (SSSR count). The molecule has 1 radical (unpaired) electrons. The molecule has 3 aromatic carbocycles. The number of rotatable bonds is 8. The summed E-state index contributed by atoms with van der Waals surface area (Å²) >= 11 is 0. The first kappa shape index (κ1) is 24.7. The average Bonchev–Trinajstić information content (AvgIpc) is 3.04. The van der Waals surface area contributed by atoms with Crippen molar-refractivity contribution in [1.29, 1.82) is 0 Å². The molecule has 1 N–H and O–H groups in total. The molecule has 221 valence electrons. The van der Waals surface area contributed by atoms with Gasteiger partial charge in [0.25, 0.3) is 0 Å². The zero-order chi connectivity index (χ0) is 35.8. The fourth-order valence-electron chi connectivity index (χ4n) is 4.40. The number of aliphatic hydroxyl groups is 1. The van der Waals surface area contributed by atoms with Gasteiger partial charge in [-0.1, -0.05) is 79.6 Å². The summed E-state index contributed by atoms with van der Waals surface area (Å²) in [7, 11) is 0. The fourth-order valence-corrected chi connectivity index (χ4v) is 4.40. The van der Waals surface area contributed by atoms with Crippen molar-refractivity contribution in [2.24, 2.45) is 10.8 Å². The van der Waals surface area contributed by atoms with E-state index in [1.165, 1.54) is 6.08 Å². The van der Waals surface area contributed by atoms with Gasteiger partial charge in [-0.2, -0.15) is 0 Å². The molecule has 3 nitrogen and oxygen atoms in total. The van der Waals surface area contributed by atoms with Gasteiger partial charge < -0.3 is 10.1 Å². The van der Waals surface area contributed by atoms with Crippen LogP contribution in [-0.2, 0) is 24.9 Å². The van der Waals surface area contributed by atoms with E-state index in [2.05, 4.69) is 11.1 Å². The van der Waals surface area contributed by atoms with E-state index in [4.69, 9.17) is 9.60 Å². The van der Waals surface area contributed by atoms with E-state index in [9.17, 15) is 14.3 Å². The maximum atomic E-state index is 14.8. The van der Waals surface area contributed by atoms with E-state index in [0.29, 0.717) is 5.56 Å². The molecule has 0 unspecified atom stereocenters. The second-order valence-electron chi connectivity index (χ2n) is 10.8. The number of pyridine rings is 1. The molecular formula is C36H43FIrNO2-. The zero-order valence-corrected chi connectivity index (χ0v) is 27.5. The Morgan fingerprint density at radius 2 is 1.51 bits per heavy atom. The summed E-state index contributed by atoms with van der Waals surface area (Å²) in [5, 5.41) is 9.38. The number of aryl methyl sites for hydroxylation is 2. The van der Waals surface area contributed by atoms with Crippen LogP contribution in [0.1, 0.15) is 87.9 Å². The van der Waals surface area contributed by atoms with Gasteiger partial charge in [0.2, 0.25) is 0 Å². The number of nitrogens with zero attached hydrogens (tertiary/aromatic N) is 1. The van der Waals surface area contributed by atoms with Crippen molar-refractivity contribution in [2.75, 3.05) is 0 Å². The van der Waals surface area contributed by atoms with Crippen LogP contribution in [0.5, 0.6) is 0 Å². The number of hydrogen-bond acceptors (Lipinski definition) is 3. The van der Waals surface area contributed by atoms with Crippen molar-refractivity contribution in [3.8, 4) is 11.3 Å². The Morgan fingerprint density at radius 3 is 2.10 bits per heavy atom. The first-order valence-electron chi connectivity index (χ1n) is 17.3. The number of ketones is 1. The number of halogens is 1. The van der Waals surface area contributed by atoms with Crippen LogP contribution in [0.25, 0.3) is 32.8 Å². The molecule has 5 heteroatoms. The van der Waals surface area contributed by atoms with E-state index in [1.54, 1.807) is 6.07 Å². The molecule has 0 saturated carbocycles. The molecule has 0 bridgehead atoms. The van der Waals surface area contributed by atoms with Crippen molar-refractivity contribution in [3.63, 3.8) is 0 Å². The number of carbonyl (C=O) groups is 1. The van der Waals surface area contributed by atoms with Crippen molar-refractivity contribution in [2.45, 2.75) is 81.1 Å². The van der Waals surface area contributed by atoms with Crippen LogP contribution in [0, 0.1) is 36.6 Å². The third kappa shape index (κ3) is 7.50. The van der Waals surface area contributed by atoms with Crippen molar-refractivity contribution in [3.05, 3.63) is 89.4 Å². The maximum absolute atomic E-state index is 14.8. The summed E-state index contributed by atoms with van der Waals surface area (Å²) in [4.78, 5) is 16.3. The standard InChI is InChI=1S/C21H15FN.C15H28O2.Ir/c1-13-10-14(2)12-15(11-13)21-19-7-6-18-16(4-3-5-20(18)22)17(19)8-9-23-21;1-7-14(5,8-2)12(16)11-13(17)15(6,9-3)10-4;/h3-11H,1-2H3;11,16H,7-10H2,1-6H3;/q-1;;/b;12-11-;/i3D,4D,5D,6D,7D,8D,9D;;. The van der Waals surface area contributed by atoms with Gasteiger partial charge in [-0.15, -0.1) is 34.9 Å². The Balaban J connectivity index is 0.000000384. The largest absolute Gasteiger partial charge is 0.512 e. The minimum atomic E-state index is -1.19. The van der Waals surface area contributed by atoms with Gasteiger partial charge in [0.05, 0.1) is 9.60 Å². The number of allylic oxidation sites excluding steroid dienone is 2. The molecule has 0 saturated heterocycles. The average molecular weight is 740 g/mol. The summed E-state index contributed by atoms with van der Waals surface area (Å²) in [6.07, 6.45) is 4.31.